The Morgan fingerprint density at radius 2 is 2.14 bits per heavy atom. The first kappa shape index (κ1) is 6.13. The third-order valence-corrected chi connectivity index (χ3v) is 0.196. The van der Waals surface area contributed by atoms with Crippen molar-refractivity contribution in [3.63, 3.8) is 0 Å². The van der Waals surface area contributed by atoms with Gasteiger partial charge in [0.15, 0.2) is 0 Å². The van der Waals surface area contributed by atoms with Gasteiger partial charge in [-0.25, -0.2) is 10.5 Å². The monoisotopic (exact) mass is 110 g/mol. The number of alkyl halides is 2. The van der Waals surface area contributed by atoms with Crippen LogP contribution in [0.5, 0.6) is 0 Å². The molecule has 0 atom stereocenters. The van der Waals surface area contributed by atoms with Crippen LogP contribution < -0.4 is 5.73 Å². The van der Waals surface area contributed by atoms with E-state index in [2.05, 4.69) is 4.74 Å². The van der Waals surface area contributed by atoms with Crippen molar-refractivity contribution in [1.82, 2.24) is 5.73 Å². The van der Waals surface area contributed by atoms with Gasteiger partial charge in [0, 0.05) is 0 Å². The van der Waals surface area contributed by atoms with Gasteiger partial charge in [-0.05, 0) is 0 Å². The van der Waals surface area contributed by atoms with Crippen LogP contribution in [0.15, 0.2) is 0 Å². The summed E-state index contributed by atoms with van der Waals surface area (Å²) < 4.78 is 24.4. The van der Waals surface area contributed by atoms with E-state index in [9.17, 15) is 13.6 Å². The molecule has 0 saturated carbocycles. The van der Waals surface area contributed by atoms with Crippen LogP contribution in [-0.2, 0) is 4.74 Å². The predicted molar refractivity (Wildman–Crippen MR) is 15.6 cm³/mol. The van der Waals surface area contributed by atoms with Gasteiger partial charge in [0.25, 0.3) is 0 Å². The highest BCUT2D eigenvalue weighted by atomic mass is 19.3. The van der Waals surface area contributed by atoms with Crippen LogP contribution in [0.3, 0.4) is 0 Å². The molecule has 0 unspecified atom stereocenters. The van der Waals surface area contributed by atoms with Gasteiger partial charge in [0.2, 0.25) is 0 Å². The first-order valence-electron chi connectivity index (χ1n) is 1.33. The molecule has 5 heteroatoms. The molecule has 1 N–H and O–H groups in total. The van der Waals surface area contributed by atoms with Crippen molar-refractivity contribution in [2.45, 2.75) is 6.61 Å². The number of amides is 1. The van der Waals surface area contributed by atoms with E-state index in [-0.39, 0.29) is 0 Å². The van der Waals surface area contributed by atoms with Crippen LogP contribution >= 0.6 is 0 Å². The lowest BCUT2D eigenvalue weighted by atomic mass is 11.2. The van der Waals surface area contributed by atoms with Crippen LogP contribution in [0, 0.1) is 0 Å². The first-order valence-corrected chi connectivity index (χ1v) is 1.33. The minimum absolute atomic E-state index is 1.71. The van der Waals surface area contributed by atoms with E-state index < -0.39 is 12.7 Å². The van der Waals surface area contributed by atoms with Gasteiger partial charge in [-0.3, -0.25) is 0 Å². The molecule has 0 bridgehead atoms. The highest BCUT2D eigenvalue weighted by molar-refractivity contribution is 5.63. The summed E-state index contributed by atoms with van der Waals surface area (Å²) >= 11 is 0. The maximum absolute atomic E-state index is 10.7. The molecular weight excluding hydrogens is 108 g/mol. The van der Waals surface area contributed by atoms with Gasteiger partial charge in [-0.2, -0.15) is 8.78 Å². The lowest BCUT2D eigenvalue weighted by molar-refractivity contribution is -0.0789. The van der Waals surface area contributed by atoms with E-state index in [1.54, 1.807) is 0 Å². The Labute approximate surface area is 38.1 Å². The van der Waals surface area contributed by atoms with E-state index in [0.717, 1.165) is 0 Å². The molecule has 0 aromatic rings. The molecule has 0 heterocycles. The quantitative estimate of drug-likeness (QED) is 0.497. The van der Waals surface area contributed by atoms with Gasteiger partial charge in [-0.15, -0.1) is 0 Å². The van der Waals surface area contributed by atoms with Crippen molar-refractivity contribution in [2.75, 3.05) is 0 Å². The summed E-state index contributed by atoms with van der Waals surface area (Å²) in [6.45, 7) is -3.16. The second-order valence-corrected chi connectivity index (χ2v) is 0.666. The van der Waals surface area contributed by atoms with E-state index in [1.807, 2.05) is 0 Å². The highest BCUT2D eigenvalue weighted by Gasteiger charge is 2.04. The first-order chi connectivity index (χ1) is 3.13. The third-order valence-electron chi connectivity index (χ3n) is 0.196. The molecule has 1 amide bonds. The summed E-state index contributed by atoms with van der Waals surface area (Å²) in [6.07, 6.45) is -1.71. The number of ether oxygens (including phenoxy) is 1. The van der Waals surface area contributed by atoms with Gasteiger partial charge in [-0.1, -0.05) is 0 Å². The lowest BCUT2D eigenvalue weighted by Crippen LogP contribution is -2.06. The Morgan fingerprint density at radius 1 is 1.71 bits per heavy atom. The van der Waals surface area contributed by atoms with Crippen molar-refractivity contribution in [3.8, 4) is 0 Å². The van der Waals surface area contributed by atoms with Crippen molar-refractivity contribution in [1.29, 1.82) is 0 Å². The number of hydrogen-bond acceptors (Lipinski definition) is 2. The Morgan fingerprint density at radius 3 is 2.14 bits per heavy atom. The minimum Gasteiger partial charge on any atom is -0.385 e. The molecule has 1 radical (unpaired) electrons. The number of nitrogens with one attached hydrogen (secondary N) is 1. The maximum atomic E-state index is 10.7. The van der Waals surface area contributed by atoms with Crippen molar-refractivity contribution < 1.29 is 18.3 Å². The average Bonchev–Trinajstić information content (AvgIpc) is 1.27. The highest BCUT2D eigenvalue weighted by Crippen LogP contribution is 1.92. The molecule has 0 aliphatic rings. The van der Waals surface area contributed by atoms with Gasteiger partial charge in [0.1, 0.15) is 0 Å². The molecule has 3 nitrogen and oxygen atoms in total. The second-order valence-electron chi connectivity index (χ2n) is 0.666. The Balaban J connectivity index is 3.13. The number of hydrogen-bond donors (Lipinski definition) is 0. The molecule has 0 aliphatic carbocycles. The zero-order valence-electron chi connectivity index (χ0n) is 3.15. The molecule has 0 aromatic carbocycles. The zero-order valence-corrected chi connectivity index (χ0v) is 3.15. The Hall–Kier alpha value is -0.870. The van der Waals surface area contributed by atoms with E-state index in [1.165, 1.54) is 0 Å². The molecule has 41 valence electrons. The van der Waals surface area contributed by atoms with Gasteiger partial charge in [0.05, 0.1) is 0 Å². The summed E-state index contributed by atoms with van der Waals surface area (Å²) in [7, 11) is 0. The molecule has 7 heavy (non-hydrogen) atoms. The van der Waals surface area contributed by atoms with Crippen molar-refractivity contribution in [3.05, 3.63) is 0 Å². The number of carbonyl (C=O) groups is 1. The zero-order chi connectivity index (χ0) is 5.86. The Bertz CT molecular complexity index is 74.1. The van der Waals surface area contributed by atoms with E-state index >= 15 is 0 Å². The molecule has 0 rings (SSSR count). The fourth-order valence-electron chi connectivity index (χ4n) is 0.0809. The fourth-order valence-corrected chi connectivity index (χ4v) is 0.0809. The van der Waals surface area contributed by atoms with Crippen molar-refractivity contribution in [2.24, 2.45) is 0 Å². The predicted octanol–water partition coefficient (Wildman–Crippen LogP) is 0.629. The summed E-state index contributed by atoms with van der Waals surface area (Å²) in [5.41, 5.74) is 5.77. The maximum Gasteiger partial charge on any atom is 0.430 e. The van der Waals surface area contributed by atoms with Crippen LogP contribution in [-0.4, -0.2) is 12.7 Å². The van der Waals surface area contributed by atoms with E-state index in [0.29, 0.717) is 0 Å². The summed E-state index contributed by atoms with van der Waals surface area (Å²) in [5, 5.41) is 0. The molecule has 0 aliphatic heterocycles. The average molecular weight is 110 g/mol. The van der Waals surface area contributed by atoms with Gasteiger partial charge >= 0.3 is 12.7 Å². The van der Waals surface area contributed by atoms with Crippen molar-refractivity contribution >= 4 is 6.09 Å². The largest absolute Gasteiger partial charge is 0.430 e. The third kappa shape index (κ3) is 5.13. The second kappa shape index (κ2) is 2.33. The smallest absolute Gasteiger partial charge is 0.385 e. The molecule has 0 fully saturated rings. The van der Waals surface area contributed by atoms with Crippen LogP contribution in [0.1, 0.15) is 0 Å². The normalized spacial score (nSPS) is 9.00. The molecular formula is C2H2F2NO2. The standard InChI is InChI=1S/C2H2F2NO2/c3-1(4)7-2(5)6/h1,5H. The number of halogens is 2. The molecule has 0 spiro atoms. The topological polar surface area (TPSA) is 50.1 Å². The van der Waals surface area contributed by atoms with Crippen LogP contribution in [0.4, 0.5) is 13.6 Å². The SMILES string of the molecule is [NH]C(=O)OC(F)F. The van der Waals surface area contributed by atoms with Crippen LogP contribution in [0.2, 0.25) is 0 Å². The molecule has 0 saturated heterocycles. The Kier molecular flexibility index (Phi) is 2.04. The minimum atomic E-state index is -3.16. The lowest BCUT2D eigenvalue weighted by Gasteiger charge is -1.92. The number of carbonyl (C=O) groups excluding carboxylic acids is 1. The van der Waals surface area contributed by atoms with E-state index in [4.69, 9.17) is 5.73 Å². The summed E-state index contributed by atoms with van der Waals surface area (Å²) in [4.78, 5) is 9.22. The van der Waals surface area contributed by atoms with Gasteiger partial charge < -0.3 is 4.74 Å². The number of rotatable bonds is 1. The fraction of sp³-hybridized carbons (Fsp3) is 0.500. The summed E-state index contributed by atoms with van der Waals surface area (Å²) in [6, 6.07) is 0. The summed E-state index contributed by atoms with van der Waals surface area (Å²) in [5.74, 6) is 0. The molecule has 0 aromatic heterocycles. The van der Waals surface area contributed by atoms with Crippen LogP contribution in [0.25, 0.3) is 0 Å².